The summed E-state index contributed by atoms with van der Waals surface area (Å²) in [5, 5.41) is 0. The quantitative estimate of drug-likeness (QED) is 0.294. The fourth-order valence-corrected chi connectivity index (χ4v) is 2.63. The van der Waals surface area contributed by atoms with Crippen molar-refractivity contribution in [2.24, 2.45) is 11.8 Å². The average Bonchev–Trinajstić information content (AvgIpc) is 2.76. The van der Waals surface area contributed by atoms with Crippen molar-refractivity contribution in [3.05, 3.63) is 0 Å². The van der Waals surface area contributed by atoms with Crippen LogP contribution in [0.1, 0.15) is 51.9 Å². The number of hydrogen-bond donors (Lipinski definition) is 2. The largest absolute Gasteiger partial charge is 0.303 e. The molecule has 4 nitrogen and oxygen atoms in total. The van der Waals surface area contributed by atoms with Crippen LogP contribution in [0.3, 0.4) is 0 Å². The number of nitrogens with zero attached hydrogens (tertiary/aromatic N) is 1. The van der Waals surface area contributed by atoms with Crippen molar-refractivity contribution in [1.29, 1.82) is 0 Å². The van der Waals surface area contributed by atoms with Crippen LogP contribution >= 0.6 is 0 Å². The lowest BCUT2D eigenvalue weighted by molar-refractivity contribution is -0.121. The Bertz CT molecular complexity index is 221. The van der Waals surface area contributed by atoms with E-state index in [4.69, 9.17) is 5.84 Å². The number of carbonyl (C=O) groups excluding carboxylic acids is 1. The number of likely N-dealkylation sites (tertiary alicyclic amines) is 1. The van der Waals surface area contributed by atoms with E-state index in [1.165, 1.54) is 45.3 Å². The predicted molar refractivity (Wildman–Crippen MR) is 70.3 cm³/mol. The van der Waals surface area contributed by atoms with Gasteiger partial charge in [0.25, 0.3) is 0 Å². The van der Waals surface area contributed by atoms with Gasteiger partial charge in [0.1, 0.15) is 0 Å². The zero-order valence-corrected chi connectivity index (χ0v) is 11.1. The molecule has 1 saturated heterocycles. The van der Waals surface area contributed by atoms with Crippen molar-refractivity contribution in [1.82, 2.24) is 10.3 Å². The van der Waals surface area contributed by atoms with Crippen LogP contribution in [0.2, 0.25) is 0 Å². The number of hydrogen-bond acceptors (Lipinski definition) is 3. The Labute approximate surface area is 105 Å². The molecule has 0 radical (unpaired) electrons. The van der Waals surface area contributed by atoms with Crippen molar-refractivity contribution in [3.63, 3.8) is 0 Å². The van der Waals surface area contributed by atoms with E-state index >= 15 is 0 Å². The van der Waals surface area contributed by atoms with Crippen molar-refractivity contribution in [3.8, 4) is 0 Å². The van der Waals surface area contributed by atoms with Gasteiger partial charge in [-0.15, -0.1) is 0 Å². The highest BCUT2D eigenvalue weighted by Crippen LogP contribution is 2.21. The Morgan fingerprint density at radius 1 is 1.41 bits per heavy atom. The molecule has 1 fully saturated rings. The van der Waals surface area contributed by atoms with E-state index in [2.05, 4.69) is 17.2 Å². The molecule has 1 aliphatic rings. The average molecular weight is 241 g/mol. The van der Waals surface area contributed by atoms with Gasteiger partial charge in [-0.1, -0.05) is 19.8 Å². The molecular formula is C13H27N3O. The molecule has 1 unspecified atom stereocenters. The number of carbonyl (C=O) groups is 1. The Kier molecular flexibility index (Phi) is 7.21. The van der Waals surface area contributed by atoms with E-state index in [0.717, 1.165) is 18.8 Å². The van der Waals surface area contributed by atoms with Gasteiger partial charge in [0.2, 0.25) is 5.91 Å². The lowest BCUT2D eigenvalue weighted by Crippen LogP contribution is -2.29. The smallest absolute Gasteiger partial charge is 0.233 e. The zero-order valence-electron chi connectivity index (χ0n) is 11.1. The van der Waals surface area contributed by atoms with E-state index in [1.807, 2.05) is 0 Å². The van der Waals surface area contributed by atoms with Gasteiger partial charge in [-0.25, -0.2) is 5.84 Å². The first kappa shape index (κ1) is 14.5. The lowest BCUT2D eigenvalue weighted by atomic mass is 10.0. The third-order valence-corrected chi connectivity index (χ3v) is 3.61. The standard InChI is InChI=1S/C13H27N3O/c1-2-6-12-8-10-16(11-12)9-5-3-4-7-13(17)15-14/h12H,2-11,14H2,1H3,(H,15,17). The highest BCUT2D eigenvalue weighted by atomic mass is 16.2. The van der Waals surface area contributed by atoms with Crippen LogP contribution in [0, 0.1) is 5.92 Å². The summed E-state index contributed by atoms with van der Waals surface area (Å²) in [4.78, 5) is 13.5. The molecule has 0 spiro atoms. The number of amides is 1. The summed E-state index contributed by atoms with van der Waals surface area (Å²) in [5.74, 6) is 5.91. The molecule has 0 bridgehead atoms. The van der Waals surface area contributed by atoms with Gasteiger partial charge in [-0.2, -0.15) is 0 Å². The van der Waals surface area contributed by atoms with Gasteiger partial charge in [0.05, 0.1) is 0 Å². The highest BCUT2D eigenvalue weighted by molar-refractivity contribution is 5.74. The summed E-state index contributed by atoms with van der Waals surface area (Å²) in [5.41, 5.74) is 2.17. The van der Waals surface area contributed by atoms with E-state index < -0.39 is 0 Å². The molecular weight excluding hydrogens is 214 g/mol. The minimum atomic E-state index is -0.0471. The van der Waals surface area contributed by atoms with E-state index in [-0.39, 0.29) is 5.91 Å². The number of rotatable bonds is 8. The van der Waals surface area contributed by atoms with Gasteiger partial charge >= 0.3 is 0 Å². The fourth-order valence-electron chi connectivity index (χ4n) is 2.63. The summed E-state index contributed by atoms with van der Waals surface area (Å²) >= 11 is 0. The normalized spacial score (nSPS) is 20.7. The van der Waals surface area contributed by atoms with Gasteiger partial charge in [-0.3, -0.25) is 10.2 Å². The maximum absolute atomic E-state index is 10.9. The van der Waals surface area contributed by atoms with E-state index in [9.17, 15) is 4.79 Å². The molecule has 0 saturated carbocycles. The number of nitrogens with two attached hydrogens (primary N) is 1. The SMILES string of the molecule is CCCC1CCN(CCCCCC(=O)NN)C1. The fraction of sp³-hybridized carbons (Fsp3) is 0.923. The van der Waals surface area contributed by atoms with Gasteiger partial charge < -0.3 is 4.90 Å². The van der Waals surface area contributed by atoms with Gasteiger partial charge in [-0.05, 0) is 44.7 Å². The zero-order chi connectivity index (χ0) is 12.5. The third kappa shape index (κ3) is 6.03. The van der Waals surface area contributed by atoms with Crippen molar-refractivity contribution >= 4 is 5.91 Å². The molecule has 1 aliphatic heterocycles. The number of hydrazine groups is 1. The van der Waals surface area contributed by atoms with Crippen LogP contribution in [0.25, 0.3) is 0 Å². The second kappa shape index (κ2) is 8.48. The lowest BCUT2D eigenvalue weighted by Gasteiger charge is -2.15. The molecule has 0 aromatic rings. The van der Waals surface area contributed by atoms with Gasteiger partial charge in [0, 0.05) is 13.0 Å². The van der Waals surface area contributed by atoms with Crippen molar-refractivity contribution in [2.75, 3.05) is 19.6 Å². The van der Waals surface area contributed by atoms with Crippen LogP contribution in [0.4, 0.5) is 0 Å². The second-order valence-corrected chi connectivity index (χ2v) is 5.12. The predicted octanol–water partition coefficient (Wildman–Crippen LogP) is 1.66. The molecule has 1 heterocycles. The Morgan fingerprint density at radius 2 is 2.24 bits per heavy atom. The van der Waals surface area contributed by atoms with E-state index in [1.54, 1.807) is 0 Å². The van der Waals surface area contributed by atoms with Crippen molar-refractivity contribution < 1.29 is 4.79 Å². The Balaban J connectivity index is 1.95. The van der Waals surface area contributed by atoms with Crippen LogP contribution in [-0.4, -0.2) is 30.4 Å². The summed E-state index contributed by atoms with van der Waals surface area (Å²) in [6.45, 7) is 6.03. The minimum absolute atomic E-state index is 0.0471. The van der Waals surface area contributed by atoms with Crippen LogP contribution in [0.5, 0.6) is 0 Å². The first-order valence-electron chi connectivity index (χ1n) is 6.98. The number of unbranched alkanes of at least 4 members (excludes halogenated alkanes) is 2. The third-order valence-electron chi connectivity index (χ3n) is 3.61. The van der Waals surface area contributed by atoms with Crippen LogP contribution in [-0.2, 0) is 4.79 Å². The first-order chi connectivity index (χ1) is 8.26. The molecule has 1 rings (SSSR count). The molecule has 4 heteroatoms. The monoisotopic (exact) mass is 241 g/mol. The molecule has 1 amide bonds. The molecule has 17 heavy (non-hydrogen) atoms. The maximum atomic E-state index is 10.9. The minimum Gasteiger partial charge on any atom is -0.303 e. The molecule has 3 N–H and O–H groups in total. The molecule has 1 atom stereocenters. The van der Waals surface area contributed by atoms with Crippen molar-refractivity contribution in [2.45, 2.75) is 51.9 Å². The van der Waals surface area contributed by atoms with Crippen LogP contribution in [0.15, 0.2) is 0 Å². The summed E-state index contributed by atoms with van der Waals surface area (Å²) < 4.78 is 0. The second-order valence-electron chi connectivity index (χ2n) is 5.12. The molecule has 100 valence electrons. The topological polar surface area (TPSA) is 58.4 Å². The number of nitrogens with one attached hydrogen (secondary N) is 1. The maximum Gasteiger partial charge on any atom is 0.233 e. The highest BCUT2D eigenvalue weighted by Gasteiger charge is 2.20. The summed E-state index contributed by atoms with van der Waals surface area (Å²) in [6.07, 6.45) is 7.92. The van der Waals surface area contributed by atoms with E-state index in [0.29, 0.717) is 6.42 Å². The molecule has 0 aliphatic carbocycles. The Morgan fingerprint density at radius 3 is 2.94 bits per heavy atom. The van der Waals surface area contributed by atoms with Crippen LogP contribution < -0.4 is 11.3 Å². The summed E-state index contributed by atoms with van der Waals surface area (Å²) in [7, 11) is 0. The Hall–Kier alpha value is -0.610. The first-order valence-corrected chi connectivity index (χ1v) is 6.98. The molecule has 0 aromatic carbocycles. The summed E-state index contributed by atoms with van der Waals surface area (Å²) in [6, 6.07) is 0. The van der Waals surface area contributed by atoms with Gasteiger partial charge in [0.15, 0.2) is 0 Å². The molecule has 0 aromatic heterocycles.